The monoisotopic (exact) mass is 199 g/mol. The van der Waals surface area contributed by atoms with Gasteiger partial charge in [-0.05, 0) is 11.5 Å². The van der Waals surface area contributed by atoms with Gasteiger partial charge in [-0.15, -0.1) is 0 Å². The Balaban J connectivity index is 2.37. The van der Waals surface area contributed by atoms with Crippen molar-refractivity contribution in [1.82, 2.24) is 9.36 Å². The fourth-order valence-electron chi connectivity index (χ4n) is 0.624. The second-order valence-electron chi connectivity index (χ2n) is 2.09. The quantitative estimate of drug-likeness (QED) is 0.550. The smallest absolute Gasteiger partial charge is 0.170 e. The lowest BCUT2D eigenvalue weighted by molar-refractivity contribution is 0.971. The van der Waals surface area contributed by atoms with Crippen molar-refractivity contribution in [3.8, 4) is 6.07 Å². The highest BCUT2D eigenvalue weighted by Gasteiger charge is 2.01. The molecule has 5 heteroatoms. The summed E-state index contributed by atoms with van der Waals surface area (Å²) >= 11 is 3.02. The third-order valence-corrected chi connectivity index (χ3v) is 3.08. The molecule has 12 heavy (non-hydrogen) atoms. The Morgan fingerprint density at radius 2 is 2.50 bits per heavy atom. The van der Waals surface area contributed by atoms with Crippen LogP contribution in [0.3, 0.4) is 0 Å². The van der Waals surface area contributed by atoms with Crippen molar-refractivity contribution in [2.24, 2.45) is 0 Å². The van der Waals surface area contributed by atoms with Crippen LogP contribution >= 0.6 is 23.3 Å². The van der Waals surface area contributed by atoms with Crippen LogP contribution in [0.25, 0.3) is 0 Å². The van der Waals surface area contributed by atoms with Crippen molar-refractivity contribution in [3.05, 3.63) is 5.82 Å². The Bertz CT molecular complexity index is 276. The van der Waals surface area contributed by atoms with E-state index in [1.807, 2.05) is 6.92 Å². The summed E-state index contributed by atoms with van der Waals surface area (Å²) in [6, 6.07) is 2.09. The van der Waals surface area contributed by atoms with E-state index in [2.05, 4.69) is 15.4 Å². The number of aromatic nitrogens is 2. The number of rotatable bonds is 4. The lowest BCUT2D eigenvalue weighted by atomic mass is 10.5. The van der Waals surface area contributed by atoms with E-state index in [9.17, 15) is 0 Å². The van der Waals surface area contributed by atoms with E-state index < -0.39 is 0 Å². The topological polar surface area (TPSA) is 49.6 Å². The average molecular weight is 199 g/mol. The number of hydrogen-bond donors (Lipinski definition) is 0. The van der Waals surface area contributed by atoms with Crippen molar-refractivity contribution in [2.75, 3.05) is 5.75 Å². The summed E-state index contributed by atoms with van der Waals surface area (Å²) in [5, 5.41) is 8.30. The van der Waals surface area contributed by atoms with Crippen LogP contribution in [0.1, 0.15) is 19.2 Å². The average Bonchev–Trinajstić information content (AvgIpc) is 2.53. The molecule has 1 aromatic rings. The van der Waals surface area contributed by atoms with Crippen molar-refractivity contribution in [2.45, 2.75) is 24.1 Å². The molecule has 64 valence electrons. The molecule has 0 radical (unpaired) electrons. The molecule has 0 saturated heterocycles. The summed E-state index contributed by atoms with van der Waals surface area (Å²) in [7, 11) is 0. The molecular formula is C7H9N3S2. The molecule has 0 spiro atoms. The summed E-state index contributed by atoms with van der Waals surface area (Å²) in [4.78, 5) is 4.26. The molecule has 0 atom stereocenters. The van der Waals surface area contributed by atoms with Crippen LogP contribution in [0, 0.1) is 11.3 Å². The largest absolute Gasteiger partial charge is 0.213 e. The van der Waals surface area contributed by atoms with Crippen molar-refractivity contribution in [3.63, 3.8) is 0 Å². The summed E-state index contributed by atoms with van der Waals surface area (Å²) in [5.41, 5.74) is 0. The highest BCUT2D eigenvalue weighted by atomic mass is 32.2. The molecule has 0 N–H and O–H groups in total. The van der Waals surface area contributed by atoms with E-state index in [0.29, 0.717) is 6.42 Å². The van der Waals surface area contributed by atoms with Gasteiger partial charge >= 0.3 is 0 Å². The van der Waals surface area contributed by atoms with Crippen molar-refractivity contribution >= 4 is 23.3 Å². The van der Waals surface area contributed by atoms with Gasteiger partial charge in [-0.25, -0.2) is 4.98 Å². The van der Waals surface area contributed by atoms with E-state index >= 15 is 0 Å². The summed E-state index contributed by atoms with van der Waals surface area (Å²) in [5.74, 6) is 1.72. The first-order valence-corrected chi connectivity index (χ1v) is 5.45. The Labute approximate surface area is 80.0 Å². The van der Waals surface area contributed by atoms with Crippen molar-refractivity contribution < 1.29 is 0 Å². The SMILES string of the molecule is CCc1nsc(SCCC#N)n1. The molecule has 0 aliphatic carbocycles. The van der Waals surface area contributed by atoms with Gasteiger partial charge in [0.15, 0.2) is 4.34 Å². The Hall–Kier alpha value is -0.600. The molecule has 0 fully saturated rings. The van der Waals surface area contributed by atoms with Gasteiger partial charge in [-0.1, -0.05) is 18.7 Å². The number of hydrogen-bond acceptors (Lipinski definition) is 5. The van der Waals surface area contributed by atoms with E-state index in [1.54, 1.807) is 11.8 Å². The molecule has 1 heterocycles. The third-order valence-electron chi connectivity index (χ3n) is 1.21. The van der Waals surface area contributed by atoms with Gasteiger partial charge in [-0.3, -0.25) is 0 Å². The minimum absolute atomic E-state index is 0.575. The van der Waals surface area contributed by atoms with Crippen LogP contribution in [-0.2, 0) is 6.42 Å². The van der Waals surface area contributed by atoms with Gasteiger partial charge < -0.3 is 0 Å². The Morgan fingerprint density at radius 3 is 3.08 bits per heavy atom. The minimum atomic E-state index is 0.575. The number of aryl methyl sites for hydroxylation is 1. The molecule has 0 aliphatic rings. The van der Waals surface area contributed by atoms with Crippen LogP contribution < -0.4 is 0 Å². The van der Waals surface area contributed by atoms with Gasteiger partial charge in [0.1, 0.15) is 5.82 Å². The third kappa shape index (κ3) is 2.80. The molecule has 0 aromatic carbocycles. The Kier molecular flexibility index (Phi) is 4.05. The van der Waals surface area contributed by atoms with Gasteiger partial charge in [0.2, 0.25) is 0 Å². The molecule has 1 rings (SSSR count). The molecule has 1 aromatic heterocycles. The number of thioether (sulfide) groups is 1. The summed E-state index contributed by atoms with van der Waals surface area (Å²) < 4.78 is 5.11. The lowest BCUT2D eigenvalue weighted by Gasteiger charge is -1.87. The fourth-order valence-corrected chi connectivity index (χ4v) is 2.23. The van der Waals surface area contributed by atoms with Crippen LogP contribution in [0.4, 0.5) is 0 Å². The zero-order valence-electron chi connectivity index (χ0n) is 6.78. The standard InChI is InChI=1S/C7H9N3S2/c1-2-6-9-7(12-10-6)11-5-3-4-8/h2-3,5H2,1H3. The highest BCUT2D eigenvalue weighted by Crippen LogP contribution is 2.20. The zero-order valence-corrected chi connectivity index (χ0v) is 8.41. The van der Waals surface area contributed by atoms with E-state index in [0.717, 1.165) is 22.3 Å². The summed E-state index contributed by atoms with van der Waals surface area (Å²) in [6.07, 6.45) is 1.46. The first-order chi connectivity index (χ1) is 5.86. The van der Waals surface area contributed by atoms with Crippen LogP contribution in [0.2, 0.25) is 0 Å². The number of nitrogens with zero attached hydrogens (tertiary/aromatic N) is 3. The van der Waals surface area contributed by atoms with Gasteiger partial charge in [0, 0.05) is 18.6 Å². The minimum Gasteiger partial charge on any atom is -0.213 e. The molecule has 0 unspecified atom stereocenters. The van der Waals surface area contributed by atoms with Gasteiger partial charge in [-0.2, -0.15) is 9.64 Å². The molecular weight excluding hydrogens is 190 g/mol. The van der Waals surface area contributed by atoms with E-state index in [-0.39, 0.29) is 0 Å². The maximum absolute atomic E-state index is 8.30. The highest BCUT2D eigenvalue weighted by molar-refractivity contribution is 8.00. The van der Waals surface area contributed by atoms with Gasteiger partial charge in [0.25, 0.3) is 0 Å². The Morgan fingerprint density at radius 1 is 1.67 bits per heavy atom. The van der Waals surface area contributed by atoms with Crippen molar-refractivity contribution in [1.29, 1.82) is 5.26 Å². The predicted molar refractivity (Wildman–Crippen MR) is 50.2 cm³/mol. The second-order valence-corrected chi connectivity index (χ2v) is 4.18. The first kappa shape index (κ1) is 9.49. The number of nitriles is 1. The first-order valence-electron chi connectivity index (χ1n) is 3.69. The zero-order chi connectivity index (χ0) is 8.81. The predicted octanol–water partition coefficient (Wildman–Crippen LogP) is 2.11. The molecule has 0 bridgehead atoms. The fraction of sp³-hybridized carbons (Fsp3) is 0.571. The maximum atomic E-state index is 8.30. The van der Waals surface area contributed by atoms with Crippen LogP contribution in [0.15, 0.2) is 4.34 Å². The lowest BCUT2D eigenvalue weighted by Crippen LogP contribution is -1.81. The second kappa shape index (κ2) is 5.12. The molecule has 0 aliphatic heterocycles. The maximum Gasteiger partial charge on any atom is 0.170 e. The van der Waals surface area contributed by atoms with E-state index in [1.165, 1.54) is 11.5 Å². The molecule has 0 saturated carbocycles. The molecule has 0 amide bonds. The normalized spacial score (nSPS) is 9.67. The van der Waals surface area contributed by atoms with Gasteiger partial charge in [0.05, 0.1) is 6.07 Å². The van der Waals surface area contributed by atoms with Crippen LogP contribution in [-0.4, -0.2) is 15.1 Å². The van der Waals surface area contributed by atoms with Crippen LogP contribution in [0.5, 0.6) is 0 Å². The van der Waals surface area contributed by atoms with E-state index in [4.69, 9.17) is 5.26 Å². The summed E-state index contributed by atoms with van der Waals surface area (Å²) in [6.45, 7) is 2.03. The molecule has 3 nitrogen and oxygen atoms in total.